The van der Waals surface area contributed by atoms with Crippen LogP contribution in [-0.4, -0.2) is 54.7 Å². The molecule has 0 radical (unpaired) electrons. The van der Waals surface area contributed by atoms with Crippen molar-refractivity contribution < 1.29 is 23.9 Å². The lowest BCUT2D eigenvalue weighted by molar-refractivity contribution is -0.176. The van der Waals surface area contributed by atoms with Gasteiger partial charge in [0, 0.05) is 13.1 Å². The van der Waals surface area contributed by atoms with Crippen molar-refractivity contribution in [2.24, 2.45) is 5.41 Å². The van der Waals surface area contributed by atoms with Gasteiger partial charge in [-0.3, -0.25) is 4.79 Å². The maximum absolute atomic E-state index is 12.2. The molecule has 1 unspecified atom stereocenters. The number of methoxy groups -OCH3 is 1. The molecule has 2 saturated heterocycles. The number of esters is 1. The zero-order chi connectivity index (χ0) is 15.8. The minimum Gasteiger partial charge on any atom is -0.458 e. The predicted molar refractivity (Wildman–Crippen MR) is 73.4 cm³/mol. The fourth-order valence-corrected chi connectivity index (χ4v) is 2.84. The quantitative estimate of drug-likeness (QED) is 0.568. The van der Waals surface area contributed by atoms with Gasteiger partial charge in [0.25, 0.3) is 0 Å². The van der Waals surface area contributed by atoms with Crippen LogP contribution in [0.2, 0.25) is 0 Å². The molecule has 2 rings (SSSR count). The number of hydrogen-bond acceptors (Lipinski definition) is 5. The summed E-state index contributed by atoms with van der Waals surface area (Å²) in [6.45, 7) is 6.17. The molecule has 7 heteroatoms. The van der Waals surface area contributed by atoms with Crippen molar-refractivity contribution in [3.8, 4) is 0 Å². The molecule has 1 N–H and O–H groups in total. The number of rotatable bonds is 1. The molecule has 0 aromatic rings. The highest BCUT2D eigenvalue weighted by Crippen LogP contribution is 2.42. The maximum Gasteiger partial charge on any atom is 0.409 e. The van der Waals surface area contributed by atoms with Gasteiger partial charge in [-0.1, -0.05) is 0 Å². The summed E-state index contributed by atoms with van der Waals surface area (Å²) in [6.07, 6.45) is 0.480. The third-order valence-electron chi connectivity index (χ3n) is 4.01. The van der Waals surface area contributed by atoms with Crippen LogP contribution in [0.3, 0.4) is 0 Å². The van der Waals surface area contributed by atoms with Gasteiger partial charge in [0.1, 0.15) is 11.6 Å². The van der Waals surface area contributed by atoms with E-state index >= 15 is 0 Å². The Morgan fingerprint density at radius 1 is 1.29 bits per heavy atom. The summed E-state index contributed by atoms with van der Waals surface area (Å²) in [5, 5.41) is 2.64. The molecule has 0 bridgehead atoms. The maximum atomic E-state index is 12.2. The van der Waals surface area contributed by atoms with Crippen LogP contribution >= 0.6 is 0 Å². The highest BCUT2D eigenvalue weighted by Gasteiger charge is 2.60. The van der Waals surface area contributed by atoms with Crippen LogP contribution in [0.15, 0.2) is 0 Å². The Morgan fingerprint density at radius 2 is 1.86 bits per heavy atom. The second-order valence-electron chi connectivity index (χ2n) is 6.55. The van der Waals surface area contributed by atoms with Crippen LogP contribution in [0.4, 0.5) is 4.79 Å². The zero-order valence-corrected chi connectivity index (χ0v) is 12.9. The molecule has 0 aromatic heterocycles. The Hall–Kier alpha value is -1.79. The molecule has 7 nitrogen and oxygen atoms in total. The van der Waals surface area contributed by atoms with E-state index in [0.717, 1.165) is 0 Å². The predicted octanol–water partition coefficient (Wildman–Crippen LogP) is 0.675. The first-order valence-corrected chi connectivity index (χ1v) is 7.06. The van der Waals surface area contributed by atoms with Gasteiger partial charge in [-0.25, -0.2) is 9.59 Å². The second-order valence-corrected chi connectivity index (χ2v) is 6.55. The average molecular weight is 298 g/mol. The van der Waals surface area contributed by atoms with Crippen LogP contribution < -0.4 is 5.32 Å². The number of β-lactam (4-membered cyclic amide) rings is 1. The van der Waals surface area contributed by atoms with E-state index in [2.05, 4.69) is 10.1 Å². The van der Waals surface area contributed by atoms with Crippen molar-refractivity contribution in [2.75, 3.05) is 20.2 Å². The van der Waals surface area contributed by atoms with E-state index in [1.165, 1.54) is 7.11 Å². The molecule has 2 fully saturated rings. The number of hydrogen-bond donors (Lipinski definition) is 1. The van der Waals surface area contributed by atoms with Crippen molar-refractivity contribution in [3.63, 3.8) is 0 Å². The molecule has 2 amide bonds. The molecule has 1 spiro atoms. The average Bonchev–Trinajstić information content (AvgIpc) is 2.41. The third-order valence-corrected chi connectivity index (χ3v) is 4.01. The Balaban J connectivity index is 2.03. The zero-order valence-electron chi connectivity index (χ0n) is 12.9. The van der Waals surface area contributed by atoms with Crippen LogP contribution in [0.25, 0.3) is 0 Å². The Bertz CT molecular complexity index is 460. The van der Waals surface area contributed by atoms with Gasteiger partial charge in [0.05, 0.1) is 12.5 Å². The molecule has 1 atom stereocenters. The number of amides is 2. The molecule has 2 aliphatic rings. The summed E-state index contributed by atoms with van der Waals surface area (Å²) < 4.78 is 10.0. The highest BCUT2D eigenvalue weighted by molar-refractivity contribution is 6.00. The second kappa shape index (κ2) is 5.20. The molecular formula is C14H22N2O5. The van der Waals surface area contributed by atoms with E-state index in [9.17, 15) is 14.4 Å². The van der Waals surface area contributed by atoms with Gasteiger partial charge >= 0.3 is 12.1 Å². The van der Waals surface area contributed by atoms with Crippen LogP contribution in [-0.2, 0) is 19.1 Å². The molecule has 2 heterocycles. The van der Waals surface area contributed by atoms with Crippen molar-refractivity contribution in [3.05, 3.63) is 0 Å². The first-order valence-electron chi connectivity index (χ1n) is 7.06. The van der Waals surface area contributed by atoms with E-state index in [-0.39, 0.29) is 5.91 Å². The number of nitrogens with one attached hydrogen (secondary N) is 1. The SMILES string of the molecule is COC(=O)N1CCC2(CC1)C(=O)NC2C(=O)OC(C)(C)C. The van der Waals surface area contributed by atoms with E-state index in [1.807, 2.05) is 0 Å². The lowest BCUT2D eigenvalue weighted by atomic mass is 9.66. The Kier molecular flexibility index (Phi) is 3.86. The normalized spacial score (nSPS) is 24.1. The summed E-state index contributed by atoms with van der Waals surface area (Å²) in [5.74, 6) is -0.545. The van der Waals surface area contributed by atoms with Crippen molar-refractivity contribution in [1.29, 1.82) is 0 Å². The monoisotopic (exact) mass is 298 g/mol. The summed E-state index contributed by atoms with van der Waals surface area (Å²) in [4.78, 5) is 37.2. The van der Waals surface area contributed by atoms with Gasteiger partial charge in [-0.15, -0.1) is 0 Å². The van der Waals surface area contributed by atoms with E-state index in [4.69, 9.17) is 4.74 Å². The van der Waals surface area contributed by atoms with Gasteiger partial charge in [-0.05, 0) is 33.6 Å². The molecule has 0 aliphatic carbocycles. The fourth-order valence-electron chi connectivity index (χ4n) is 2.84. The number of likely N-dealkylation sites (tertiary alicyclic amines) is 1. The van der Waals surface area contributed by atoms with Crippen LogP contribution in [0.1, 0.15) is 33.6 Å². The number of carbonyl (C=O) groups excluding carboxylic acids is 3. The van der Waals surface area contributed by atoms with Gasteiger partial charge in [0.15, 0.2) is 0 Å². The number of piperidine rings is 1. The summed E-state index contributed by atoms with van der Waals surface area (Å²) >= 11 is 0. The lowest BCUT2D eigenvalue weighted by Gasteiger charge is -2.51. The van der Waals surface area contributed by atoms with Crippen molar-refractivity contribution >= 4 is 18.0 Å². The van der Waals surface area contributed by atoms with Gasteiger partial charge in [0.2, 0.25) is 5.91 Å². The molecule has 118 valence electrons. The van der Waals surface area contributed by atoms with Crippen LogP contribution in [0.5, 0.6) is 0 Å². The standard InChI is InChI=1S/C14H22N2O5/c1-13(2,3)21-10(17)9-14(11(18)15-9)5-7-16(8-6-14)12(19)20-4/h9H,5-8H2,1-4H3,(H,15,18). The third kappa shape index (κ3) is 2.82. The number of carbonyl (C=O) groups is 3. The molecule has 2 aliphatic heterocycles. The van der Waals surface area contributed by atoms with Gasteiger partial charge in [-0.2, -0.15) is 0 Å². The Morgan fingerprint density at radius 3 is 2.29 bits per heavy atom. The summed E-state index contributed by atoms with van der Waals surface area (Å²) in [7, 11) is 1.33. The van der Waals surface area contributed by atoms with Crippen LogP contribution in [0, 0.1) is 5.41 Å². The van der Waals surface area contributed by atoms with E-state index < -0.39 is 29.1 Å². The summed E-state index contributed by atoms with van der Waals surface area (Å²) in [6, 6.07) is -0.621. The number of ether oxygens (including phenoxy) is 2. The topological polar surface area (TPSA) is 84.9 Å². The smallest absolute Gasteiger partial charge is 0.409 e. The van der Waals surface area contributed by atoms with E-state index in [1.54, 1.807) is 25.7 Å². The minimum atomic E-state index is -0.743. The Labute approximate surface area is 123 Å². The molecule has 21 heavy (non-hydrogen) atoms. The minimum absolute atomic E-state index is 0.136. The van der Waals surface area contributed by atoms with Crippen molar-refractivity contribution in [1.82, 2.24) is 10.2 Å². The largest absolute Gasteiger partial charge is 0.458 e. The number of nitrogens with zero attached hydrogens (tertiary/aromatic N) is 1. The lowest BCUT2D eigenvalue weighted by Crippen LogP contribution is -2.73. The molecular weight excluding hydrogens is 276 g/mol. The molecule has 0 saturated carbocycles. The summed E-state index contributed by atoms with van der Waals surface area (Å²) in [5.41, 5.74) is -1.34. The first kappa shape index (κ1) is 15.6. The van der Waals surface area contributed by atoms with E-state index in [0.29, 0.717) is 25.9 Å². The molecule has 0 aromatic carbocycles. The highest BCUT2D eigenvalue weighted by atomic mass is 16.6. The van der Waals surface area contributed by atoms with Crippen molar-refractivity contribution in [2.45, 2.75) is 45.3 Å². The van der Waals surface area contributed by atoms with Gasteiger partial charge < -0.3 is 19.7 Å². The fraction of sp³-hybridized carbons (Fsp3) is 0.786. The first-order chi connectivity index (χ1) is 9.69.